The fourth-order valence-electron chi connectivity index (χ4n) is 2.31. The summed E-state index contributed by atoms with van der Waals surface area (Å²) in [4.78, 5) is 0. The molecule has 2 unspecified atom stereocenters. The van der Waals surface area contributed by atoms with Gasteiger partial charge in [-0.25, -0.2) is 0 Å². The summed E-state index contributed by atoms with van der Waals surface area (Å²) >= 11 is 6.58. The van der Waals surface area contributed by atoms with Crippen LogP contribution in [0.2, 0.25) is 0 Å². The predicted molar refractivity (Wildman–Crippen MR) is 71.7 cm³/mol. The van der Waals surface area contributed by atoms with E-state index in [2.05, 4.69) is 0 Å². The smallest absolute Gasteiger partial charge is 0.123 e. The Hall–Kier alpha value is -0.930. The number of benzene rings is 1. The van der Waals surface area contributed by atoms with Gasteiger partial charge in [-0.05, 0) is 31.0 Å². The number of methoxy groups -OCH3 is 2. The van der Waals surface area contributed by atoms with Gasteiger partial charge in [0.2, 0.25) is 0 Å². The zero-order valence-electron chi connectivity index (χ0n) is 10.8. The number of ether oxygens (including phenoxy) is 3. The van der Waals surface area contributed by atoms with Crippen molar-refractivity contribution in [2.45, 2.75) is 18.2 Å². The van der Waals surface area contributed by atoms with E-state index >= 15 is 0 Å². The maximum Gasteiger partial charge on any atom is 0.123 e. The van der Waals surface area contributed by atoms with Crippen LogP contribution in [0.25, 0.3) is 0 Å². The van der Waals surface area contributed by atoms with Gasteiger partial charge in [-0.1, -0.05) is 0 Å². The second kappa shape index (κ2) is 6.30. The quantitative estimate of drug-likeness (QED) is 0.785. The molecule has 18 heavy (non-hydrogen) atoms. The highest BCUT2D eigenvalue weighted by Crippen LogP contribution is 2.40. The van der Waals surface area contributed by atoms with Gasteiger partial charge in [0.25, 0.3) is 0 Å². The number of alkyl halides is 1. The molecule has 1 aliphatic heterocycles. The molecule has 100 valence electrons. The summed E-state index contributed by atoms with van der Waals surface area (Å²) in [5.74, 6) is 1.94. The Balaban J connectivity index is 2.23. The molecule has 2 atom stereocenters. The van der Waals surface area contributed by atoms with Gasteiger partial charge >= 0.3 is 0 Å². The van der Waals surface area contributed by atoms with Gasteiger partial charge in [0.05, 0.1) is 26.2 Å². The summed E-state index contributed by atoms with van der Waals surface area (Å²) in [6.07, 6.45) is 2.16. The van der Waals surface area contributed by atoms with Crippen molar-refractivity contribution in [1.29, 1.82) is 0 Å². The van der Waals surface area contributed by atoms with Crippen molar-refractivity contribution in [2.24, 2.45) is 5.92 Å². The molecular weight excluding hydrogens is 252 g/mol. The lowest BCUT2D eigenvalue weighted by molar-refractivity contribution is 0.0529. The molecule has 4 heteroatoms. The van der Waals surface area contributed by atoms with Crippen LogP contribution in [0.15, 0.2) is 18.2 Å². The van der Waals surface area contributed by atoms with Crippen LogP contribution < -0.4 is 9.47 Å². The lowest BCUT2D eigenvalue weighted by Crippen LogP contribution is -2.21. The Kier molecular flexibility index (Phi) is 4.72. The van der Waals surface area contributed by atoms with E-state index in [4.69, 9.17) is 25.8 Å². The lowest BCUT2D eigenvalue weighted by atomic mass is 9.93. The lowest BCUT2D eigenvalue weighted by Gasteiger charge is -2.27. The van der Waals surface area contributed by atoms with Gasteiger partial charge in [-0.3, -0.25) is 0 Å². The van der Waals surface area contributed by atoms with Gasteiger partial charge in [0.15, 0.2) is 0 Å². The second-order valence-corrected chi connectivity index (χ2v) is 4.96. The highest BCUT2D eigenvalue weighted by Gasteiger charge is 2.26. The molecule has 0 radical (unpaired) electrons. The molecule has 1 aliphatic rings. The Morgan fingerprint density at radius 3 is 2.78 bits per heavy atom. The first-order chi connectivity index (χ1) is 8.76. The van der Waals surface area contributed by atoms with Crippen LogP contribution in [0.4, 0.5) is 0 Å². The van der Waals surface area contributed by atoms with E-state index in [-0.39, 0.29) is 5.38 Å². The molecule has 1 aromatic rings. The van der Waals surface area contributed by atoms with Crippen LogP contribution in [0, 0.1) is 5.92 Å². The summed E-state index contributed by atoms with van der Waals surface area (Å²) in [6.45, 7) is 1.56. The van der Waals surface area contributed by atoms with Gasteiger partial charge in [0.1, 0.15) is 11.5 Å². The minimum absolute atomic E-state index is 0.102. The summed E-state index contributed by atoms with van der Waals surface area (Å²) in [7, 11) is 3.31. The van der Waals surface area contributed by atoms with Crippen molar-refractivity contribution in [2.75, 3.05) is 27.4 Å². The van der Waals surface area contributed by atoms with Crippen LogP contribution >= 0.6 is 11.6 Å². The first kappa shape index (κ1) is 13.5. The minimum Gasteiger partial charge on any atom is -0.497 e. The first-order valence-corrected chi connectivity index (χ1v) is 6.63. The highest BCUT2D eigenvalue weighted by atomic mass is 35.5. The summed E-state index contributed by atoms with van der Waals surface area (Å²) in [6, 6.07) is 5.72. The second-order valence-electron chi connectivity index (χ2n) is 4.49. The maximum atomic E-state index is 6.58. The predicted octanol–water partition coefficient (Wildman–Crippen LogP) is 3.41. The van der Waals surface area contributed by atoms with Crippen LogP contribution in [0.1, 0.15) is 23.8 Å². The van der Waals surface area contributed by atoms with Gasteiger partial charge in [-0.15, -0.1) is 11.6 Å². The molecule has 0 amide bonds. The van der Waals surface area contributed by atoms with E-state index in [1.807, 2.05) is 18.2 Å². The topological polar surface area (TPSA) is 27.7 Å². The minimum atomic E-state index is -0.102. The molecule has 2 rings (SSSR count). The van der Waals surface area contributed by atoms with Crippen molar-refractivity contribution in [1.82, 2.24) is 0 Å². The first-order valence-electron chi connectivity index (χ1n) is 6.20. The Labute approximate surface area is 113 Å². The Bertz CT molecular complexity index is 389. The average molecular weight is 271 g/mol. The summed E-state index contributed by atoms with van der Waals surface area (Å²) in [5.41, 5.74) is 0.981. The molecule has 0 spiro atoms. The van der Waals surface area contributed by atoms with Crippen LogP contribution in [0.5, 0.6) is 11.5 Å². The van der Waals surface area contributed by atoms with E-state index in [1.165, 1.54) is 0 Å². The number of rotatable bonds is 4. The van der Waals surface area contributed by atoms with Gasteiger partial charge in [0, 0.05) is 18.1 Å². The Morgan fingerprint density at radius 1 is 1.33 bits per heavy atom. The van der Waals surface area contributed by atoms with E-state index < -0.39 is 0 Å². The fourth-order valence-corrected chi connectivity index (χ4v) is 2.67. The van der Waals surface area contributed by atoms with Crippen molar-refractivity contribution in [3.8, 4) is 11.5 Å². The monoisotopic (exact) mass is 270 g/mol. The molecule has 1 heterocycles. The van der Waals surface area contributed by atoms with E-state index in [1.54, 1.807) is 14.2 Å². The van der Waals surface area contributed by atoms with Crippen LogP contribution in [0.3, 0.4) is 0 Å². The van der Waals surface area contributed by atoms with E-state index in [0.29, 0.717) is 12.5 Å². The summed E-state index contributed by atoms with van der Waals surface area (Å²) < 4.78 is 16.1. The molecule has 1 saturated heterocycles. The summed E-state index contributed by atoms with van der Waals surface area (Å²) in [5, 5.41) is -0.102. The van der Waals surface area contributed by atoms with Gasteiger partial charge in [-0.2, -0.15) is 0 Å². The third-order valence-corrected chi connectivity index (χ3v) is 3.93. The molecule has 1 aromatic carbocycles. The molecule has 1 fully saturated rings. The molecule has 0 aliphatic carbocycles. The third-order valence-electron chi connectivity index (χ3n) is 3.34. The SMILES string of the molecule is COc1ccc(OC)c(C(Cl)C2CCCOC2)c1. The number of hydrogen-bond acceptors (Lipinski definition) is 3. The van der Waals surface area contributed by atoms with Crippen molar-refractivity contribution < 1.29 is 14.2 Å². The normalized spacial score (nSPS) is 21.4. The third kappa shape index (κ3) is 2.90. The number of hydrogen-bond donors (Lipinski definition) is 0. The van der Waals surface area contributed by atoms with Crippen LogP contribution in [-0.4, -0.2) is 27.4 Å². The maximum absolute atomic E-state index is 6.58. The van der Waals surface area contributed by atoms with Crippen molar-refractivity contribution in [3.05, 3.63) is 23.8 Å². The molecule has 0 bridgehead atoms. The van der Waals surface area contributed by atoms with Crippen molar-refractivity contribution in [3.63, 3.8) is 0 Å². The van der Waals surface area contributed by atoms with Gasteiger partial charge < -0.3 is 14.2 Å². The van der Waals surface area contributed by atoms with Crippen LogP contribution in [-0.2, 0) is 4.74 Å². The molecule has 3 nitrogen and oxygen atoms in total. The zero-order valence-corrected chi connectivity index (χ0v) is 11.6. The molecule has 0 aromatic heterocycles. The van der Waals surface area contributed by atoms with Crippen molar-refractivity contribution >= 4 is 11.6 Å². The molecule has 0 N–H and O–H groups in total. The molecular formula is C14H19ClO3. The fraction of sp³-hybridized carbons (Fsp3) is 0.571. The highest BCUT2D eigenvalue weighted by molar-refractivity contribution is 6.21. The average Bonchev–Trinajstić information content (AvgIpc) is 2.46. The Morgan fingerprint density at radius 2 is 2.17 bits per heavy atom. The zero-order chi connectivity index (χ0) is 13.0. The van der Waals surface area contributed by atoms with E-state index in [9.17, 15) is 0 Å². The largest absolute Gasteiger partial charge is 0.497 e. The standard InChI is InChI=1S/C14H19ClO3/c1-16-11-5-6-13(17-2)12(8-11)14(15)10-4-3-7-18-9-10/h5-6,8,10,14H,3-4,7,9H2,1-2H3. The molecule has 0 saturated carbocycles. The van der Waals surface area contributed by atoms with E-state index in [0.717, 1.165) is 36.5 Å². The number of halogens is 1.